The summed E-state index contributed by atoms with van der Waals surface area (Å²) in [5.74, 6) is 0. The zero-order valence-corrected chi connectivity index (χ0v) is 28.7. The molecule has 0 saturated heterocycles. The van der Waals surface area contributed by atoms with Crippen LogP contribution >= 0.6 is 0 Å². The van der Waals surface area contributed by atoms with Crippen molar-refractivity contribution in [1.82, 2.24) is 0 Å². The van der Waals surface area contributed by atoms with Gasteiger partial charge in [-0.2, -0.15) is 0 Å². The average Bonchev–Trinajstić information content (AvgIpc) is 3.79. The minimum absolute atomic E-state index is 0.865. The zero-order valence-electron chi connectivity index (χ0n) is 28.7. The van der Waals surface area contributed by atoms with Gasteiger partial charge in [0.1, 0.15) is 22.3 Å². The number of rotatable bonds is 5. The van der Waals surface area contributed by atoms with Gasteiger partial charge in [0.05, 0.1) is 0 Å². The Kier molecular flexibility index (Phi) is 6.55. The highest BCUT2D eigenvalue weighted by Crippen LogP contribution is 2.42. The predicted octanol–water partition coefficient (Wildman–Crippen LogP) is 14.6. The Labute approximate surface area is 305 Å². The molecule has 3 nitrogen and oxygen atoms in total. The van der Waals surface area contributed by atoms with Crippen LogP contribution in [0.4, 0.5) is 17.1 Å². The molecule has 0 aliphatic heterocycles. The standard InChI is InChI=1S/C50H31NO2/c1-2-11-36(12-3-1)51(38-25-20-33(21-26-38)44-30-35-10-4-5-13-39(35)40-14-6-7-15-41(40)44)37-23-18-32(19-24-37)34-22-27-43-48(31-34)53-47-29-28-46-49(50(43)47)42-16-8-9-17-45(42)52-46/h1-31H. The minimum Gasteiger partial charge on any atom is -0.456 e. The van der Waals surface area contributed by atoms with Gasteiger partial charge in [-0.1, -0.05) is 115 Å². The van der Waals surface area contributed by atoms with E-state index in [4.69, 9.17) is 8.83 Å². The van der Waals surface area contributed by atoms with E-state index in [1.807, 2.05) is 24.3 Å². The van der Waals surface area contributed by atoms with Crippen molar-refractivity contribution in [2.45, 2.75) is 0 Å². The third kappa shape index (κ3) is 4.75. The van der Waals surface area contributed by atoms with Crippen LogP contribution in [0.2, 0.25) is 0 Å². The third-order valence-electron chi connectivity index (χ3n) is 10.7. The first-order valence-electron chi connectivity index (χ1n) is 18.0. The van der Waals surface area contributed by atoms with Crippen LogP contribution in [-0.4, -0.2) is 0 Å². The second-order valence-electron chi connectivity index (χ2n) is 13.7. The van der Waals surface area contributed by atoms with Gasteiger partial charge in [-0.05, 0) is 117 Å². The fourth-order valence-corrected chi connectivity index (χ4v) is 8.17. The van der Waals surface area contributed by atoms with Gasteiger partial charge >= 0.3 is 0 Å². The highest BCUT2D eigenvalue weighted by atomic mass is 16.3. The fourth-order valence-electron chi connectivity index (χ4n) is 8.17. The second kappa shape index (κ2) is 11.7. The molecule has 53 heavy (non-hydrogen) atoms. The molecule has 0 amide bonds. The van der Waals surface area contributed by atoms with E-state index in [-0.39, 0.29) is 0 Å². The third-order valence-corrected chi connectivity index (χ3v) is 10.7. The van der Waals surface area contributed by atoms with E-state index in [0.717, 1.165) is 72.1 Å². The van der Waals surface area contributed by atoms with Gasteiger partial charge in [0.25, 0.3) is 0 Å². The van der Waals surface area contributed by atoms with Gasteiger partial charge in [-0.15, -0.1) is 0 Å². The first kappa shape index (κ1) is 29.6. The molecule has 0 unspecified atom stereocenters. The smallest absolute Gasteiger partial charge is 0.136 e. The van der Waals surface area contributed by atoms with Crippen LogP contribution in [0, 0.1) is 0 Å². The number of nitrogens with zero attached hydrogens (tertiary/aromatic N) is 1. The molecule has 0 radical (unpaired) electrons. The van der Waals surface area contributed by atoms with Gasteiger partial charge in [0.15, 0.2) is 0 Å². The lowest BCUT2D eigenvalue weighted by atomic mass is 9.93. The maximum atomic E-state index is 6.46. The monoisotopic (exact) mass is 677 g/mol. The quantitative estimate of drug-likeness (QED) is 0.170. The Balaban J connectivity index is 0.966. The molecule has 248 valence electrons. The van der Waals surface area contributed by atoms with Crippen LogP contribution in [-0.2, 0) is 0 Å². The summed E-state index contributed by atoms with van der Waals surface area (Å²) in [7, 11) is 0. The molecule has 3 heteroatoms. The summed E-state index contributed by atoms with van der Waals surface area (Å²) in [5, 5.41) is 9.47. The average molecular weight is 678 g/mol. The molecule has 2 heterocycles. The lowest BCUT2D eigenvalue weighted by molar-refractivity contribution is 0.663. The van der Waals surface area contributed by atoms with E-state index in [1.165, 1.54) is 32.7 Å². The van der Waals surface area contributed by atoms with Crippen molar-refractivity contribution in [2.75, 3.05) is 4.90 Å². The minimum atomic E-state index is 0.865. The van der Waals surface area contributed by atoms with Crippen LogP contribution in [0.15, 0.2) is 197 Å². The van der Waals surface area contributed by atoms with Crippen LogP contribution in [0.25, 0.3) is 87.7 Å². The number of hydrogen-bond donors (Lipinski definition) is 0. The molecule has 0 N–H and O–H groups in total. The largest absolute Gasteiger partial charge is 0.456 e. The molecule has 0 spiro atoms. The van der Waals surface area contributed by atoms with Crippen LogP contribution in [0.5, 0.6) is 0 Å². The SMILES string of the molecule is c1ccc(N(c2ccc(-c3ccc4c(c3)oc3ccc5oc6ccccc6c5c34)cc2)c2ccc(-c3cc4ccccc4c4ccccc34)cc2)cc1. The van der Waals surface area contributed by atoms with Crippen molar-refractivity contribution >= 4 is 82.5 Å². The Morgan fingerprint density at radius 3 is 1.57 bits per heavy atom. The summed E-state index contributed by atoms with van der Waals surface area (Å²) in [6.45, 7) is 0. The van der Waals surface area contributed by atoms with E-state index >= 15 is 0 Å². The highest BCUT2D eigenvalue weighted by molar-refractivity contribution is 6.26. The second-order valence-corrected chi connectivity index (χ2v) is 13.7. The molecular formula is C50H31NO2. The molecule has 0 aliphatic rings. The zero-order chi connectivity index (χ0) is 34.9. The first-order chi connectivity index (χ1) is 26.3. The molecule has 2 aromatic heterocycles. The van der Waals surface area contributed by atoms with Gasteiger partial charge in [-0.25, -0.2) is 0 Å². The van der Waals surface area contributed by atoms with Gasteiger partial charge in [-0.3, -0.25) is 0 Å². The molecule has 9 aromatic carbocycles. The van der Waals surface area contributed by atoms with Crippen LogP contribution in [0.3, 0.4) is 0 Å². The maximum Gasteiger partial charge on any atom is 0.136 e. The van der Waals surface area contributed by atoms with Crippen LogP contribution < -0.4 is 4.90 Å². The number of benzene rings is 9. The molecule has 0 atom stereocenters. The van der Waals surface area contributed by atoms with Crippen LogP contribution in [0.1, 0.15) is 0 Å². The Morgan fingerprint density at radius 1 is 0.302 bits per heavy atom. The normalized spacial score (nSPS) is 11.8. The summed E-state index contributed by atoms with van der Waals surface area (Å²) in [6.07, 6.45) is 0. The lowest BCUT2D eigenvalue weighted by Crippen LogP contribution is -2.09. The van der Waals surface area contributed by atoms with Crippen molar-refractivity contribution in [3.05, 3.63) is 188 Å². The van der Waals surface area contributed by atoms with Crippen molar-refractivity contribution in [3.63, 3.8) is 0 Å². The summed E-state index contributed by atoms with van der Waals surface area (Å²) >= 11 is 0. The Bertz CT molecular complexity index is 3150. The van der Waals surface area contributed by atoms with E-state index in [9.17, 15) is 0 Å². The Morgan fingerprint density at radius 2 is 0.830 bits per heavy atom. The van der Waals surface area contributed by atoms with Crippen molar-refractivity contribution < 1.29 is 8.83 Å². The van der Waals surface area contributed by atoms with Gasteiger partial charge in [0.2, 0.25) is 0 Å². The van der Waals surface area contributed by atoms with Gasteiger partial charge < -0.3 is 13.7 Å². The topological polar surface area (TPSA) is 29.5 Å². The van der Waals surface area contributed by atoms with Crippen molar-refractivity contribution in [1.29, 1.82) is 0 Å². The van der Waals surface area contributed by atoms with Crippen molar-refractivity contribution in [2.24, 2.45) is 0 Å². The number of hydrogen-bond acceptors (Lipinski definition) is 3. The number of fused-ring (bicyclic) bond motifs is 10. The fraction of sp³-hybridized carbons (Fsp3) is 0. The molecular weight excluding hydrogens is 647 g/mol. The molecule has 0 bridgehead atoms. The first-order valence-corrected chi connectivity index (χ1v) is 18.0. The molecule has 0 aliphatic carbocycles. The molecule has 11 rings (SSSR count). The number of anilines is 3. The van der Waals surface area contributed by atoms with Crippen molar-refractivity contribution in [3.8, 4) is 22.3 Å². The summed E-state index contributed by atoms with van der Waals surface area (Å²) < 4.78 is 12.6. The lowest BCUT2D eigenvalue weighted by Gasteiger charge is -2.26. The van der Waals surface area contributed by atoms with E-state index in [1.54, 1.807) is 0 Å². The highest BCUT2D eigenvalue weighted by Gasteiger charge is 2.18. The molecule has 0 saturated carbocycles. The Hall–Kier alpha value is -7.10. The molecule has 11 aromatic rings. The molecule has 0 fully saturated rings. The number of furan rings is 2. The predicted molar refractivity (Wildman–Crippen MR) is 222 cm³/mol. The summed E-state index contributed by atoms with van der Waals surface area (Å²) in [6, 6.07) is 66.8. The van der Waals surface area contributed by atoms with E-state index in [0.29, 0.717) is 0 Å². The van der Waals surface area contributed by atoms with E-state index in [2.05, 4.69) is 169 Å². The summed E-state index contributed by atoms with van der Waals surface area (Å²) in [5.41, 5.74) is 11.5. The maximum absolute atomic E-state index is 6.46. The van der Waals surface area contributed by atoms with E-state index < -0.39 is 0 Å². The van der Waals surface area contributed by atoms with Gasteiger partial charge in [0, 0.05) is 38.6 Å². The summed E-state index contributed by atoms with van der Waals surface area (Å²) in [4.78, 5) is 2.31. The number of para-hydroxylation sites is 2.